The molecule has 0 saturated carbocycles. The van der Waals surface area contributed by atoms with Gasteiger partial charge >= 0.3 is 0 Å². The second-order valence-electron chi connectivity index (χ2n) is 9.06. The smallest absolute Gasteiger partial charge is 0.283 e. The Labute approximate surface area is 225 Å². The lowest BCUT2D eigenvalue weighted by molar-refractivity contribution is -0.130. The van der Waals surface area contributed by atoms with Gasteiger partial charge in [-0.15, -0.1) is 0 Å². The summed E-state index contributed by atoms with van der Waals surface area (Å²) in [6.45, 7) is 2.62. The molecule has 3 aliphatic heterocycles. The molecule has 0 aliphatic carbocycles. The van der Waals surface area contributed by atoms with E-state index in [9.17, 15) is 9.59 Å². The number of carbonyl (C=O) groups is 2. The van der Waals surface area contributed by atoms with Crippen molar-refractivity contribution in [2.75, 3.05) is 26.3 Å². The molecule has 2 aromatic rings. The van der Waals surface area contributed by atoms with Crippen molar-refractivity contribution >= 4 is 45.7 Å². The van der Waals surface area contributed by atoms with Crippen LogP contribution in [0.25, 0.3) is 6.08 Å². The number of amidine groups is 2. The number of ether oxygens (including phenoxy) is 2. The first-order chi connectivity index (χ1) is 18.6. The predicted molar refractivity (Wildman–Crippen MR) is 149 cm³/mol. The summed E-state index contributed by atoms with van der Waals surface area (Å²) in [4.78, 5) is 31.3. The normalized spacial score (nSPS) is 18.3. The summed E-state index contributed by atoms with van der Waals surface area (Å²) in [5.41, 5.74) is 0.890. The summed E-state index contributed by atoms with van der Waals surface area (Å²) in [5.74, 6) is 1.03. The van der Waals surface area contributed by atoms with Gasteiger partial charge in [-0.3, -0.25) is 15.0 Å². The lowest BCUT2D eigenvalue weighted by Gasteiger charge is -2.26. The van der Waals surface area contributed by atoms with Crippen LogP contribution in [0.15, 0.2) is 70.3 Å². The Balaban J connectivity index is 1.15. The maximum Gasteiger partial charge on any atom is 0.283 e. The first-order valence-electron chi connectivity index (χ1n) is 12.7. The van der Waals surface area contributed by atoms with E-state index < -0.39 is 5.91 Å². The molecule has 196 valence electrons. The van der Waals surface area contributed by atoms with Gasteiger partial charge in [0.25, 0.3) is 5.91 Å². The van der Waals surface area contributed by atoms with Gasteiger partial charge in [0, 0.05) is 19.5 Å². The quantitative estimate of drug-likeness (QED) is 0.376. The highest BCUT2D eigenvalue weighted by Gasteiger charge is 2.36. The number of piperidine rings is 1. The number of fused-ring (bicyclic) bond motifs is 1. The predicted octanol–water partition coefficient (Wildman–Crippen LogP) is 4.56. The van der Waals surface area contributed by atoms with E-state index in [2.05, 4.69) is 10.1 Å². The molecule has 10 heteroatoms. The number of para-hydroxylation sites is 1. The summed E-state index contributed by atoms with van der Waals surface area (Å²) < 4.78 is 11.5. The summed E-state index contributed by atoms with van der Waals surface area (Å²) in [6.07, 6.45) is 5.72. The molecule has 0 unspecified atom stereocenters. The van der Waals surface area contributed by atoms with Crippen molar-refractivity contribution in [1.29, 1.82) is 5.41 Å². The molecule has 0 radical (unpaired) electrons. The van der Waals surface area contributed by atoms with Crippen molar-refractivity contribution in [2.45, 2.75) is 32.1 Å². The molecule has 0 aromatic heterocycles. The largest absolute Gasteiger partial charge is 0.493 e. The first kappa shape index (κ1) is 25.7. The van der Waals surface area contributed by atoms with Crippen LogP contribution in [0.3, 0.4) is 0 Å². The highest BCUT2D eigenvalue weighted by molar-refractivity contribution is 8.27. The number of hydrogen-bond acceptors (Lipinski definition) is 7. The van der Waals surface area contributed by atoms with Crippen molar-refractivity contribution in [1.82, 2.24) is 9.91 Å². The number of carbonyl (C=O) groups excluding carboxylic acids is 2. The van der Waals surface area contributed by atoms with E-state index in [0.29, 0.717) is 29.2 Å². The monoisotopic (exact) mass is 531 g/mol. The first-order valence-corrected chi connectivity index (χ1v) is 13.6. The van der Waals surface area contributed by atoms with Gasteiger partial charge in [-0.1, -0.05) is 30.3 Å². The highest BCUT2D eigenvalue weighted by atomic mass is 32.2. The van der Waals surface area contributed by atoms with Gasteiger partial charge in [-0.05, 0) is 66.9 Å². The number of amides is 2. The van der Waals surface area contributed by atoms with Crippen LogP contribution in [-0.2, 0) is 9.59 Å². The van der Waals surface area contributed by atoms with Crippen LogP contribution in [0, 0.1) is 5.41 Å². The van der Waals surface area contributed by atoms with Crippen molar-refractivity contribution < 1.29 is 19.1 Å². The Kier molecular flexibility index (Phi) is 8.18. The Bertz CT molecular complexity index is 1280. The fraction of sp³-hybridized carbons (Fsp3) is 0.321. The molecule has 5 rings (SSSR count). The molecule has 0 spiro atoms. The van der Waals surface area contributed by atoms with Gasteiger partial charge in [-0.25, -0.2) is 0 Å². The maximum atomic E-state index is 12.7. The van der Waals surface area contributed by atoms with Crippen molar-refractivity contribution in [2.24, 2.45) is 10.1 Å². The van der Waals surface area contributed by atoms with Crippen molar-refractivity contribution in [3.63, 3.8) is 0 Å². The molecule has 1 fully saturated rings. The molecule has 3 heterocycles. The van der Waals surface area contributed by atoms with Crippen LogP contribution in [0.1, 0.15) is 37.7 Å². The van der Waals surface area contributed by atoms with Crippen LogP contribution in [0.4, 0.5) is 0 Å². The summed E-state index contributed by atoms with van der Waals surface area (Å²) in [5, 5.41) is 15.2. The molecule has 2 amide bonds. The van der Waals surface area contributed by atoms with Crippen molar-refractivity contribution in [3.8, 4) is 11.5 Å². The molecule has 1 saturated heterocycles. The average Bonchev–Trinajstić information content (AvgIpc) is 3.35. The van der Waals surface area contributed by atoms with Crippen LogP contribution in [0.2, 0.25) is 0 Å². The molecule has 1 N–H and O–H groups in total. The average molecular weight is 532 g/mol. The number of aliphatic imine (C=N–C) groups is 1. The third-order valence-corrected chi connectivity index (χ3v) is 7.18. The lowest BCUT2D eigenvalue weighted by atomic mass is 10.1. The Morgan fingerprint density at radius 2 is 1.66 bits per heavy atom. The number of benzene rings is 2. The number of rotatable bonds is 9. The minimum absolute atomic E-state index is 0.0241. The summed E-state index contributed by atoms with van der Waals surface area (Å²) >= 11 is 1.18. The number of nitrogens with one attached hydrogen (secondary N) is 1. The molecule has 0 atom stereocenters. The highest BCUT2D eigenvalue weighted by Crippen LogP contribution is 2.30. The van der Waals surface area contributed by atoms with Crippen LogP contribution < -0.4 is 9.47 Å². The van der Waals surface area contributed by atoms with Crippen molar-refractivity contribution in [3.05, 3.63) is 65.7 Å². The second-order valence-corrected chi connectivity index (χ2v) is 10.1. The molecule has 0 bridgehead atoms. The number of thioether (sulfide) groups is 1. The number of hydrazone groups is 1. The van der Waals surface area contributed by atoms with Crippen LogP contribution in [0.5, 0.6) is 11.5 Å². The molecular formula is C28H29N5O4S. The number of hydrogen-bond donors (Lipinski definition) is 1. The number of likely N-dealkylation sites (tertiary alicyclic amines) is 1. The minimum Gasteiger partial charge on any atom is -0.493 e. The van der Waals surface area contributed by atoms with Gasteiger partial charge in [0.1, 0.15) is 16.5 Å². The van der Waals surface area contributed by atoms with E-state index in [4.69, 9.17) is 14.9 Å². The standard InChI is InChI=1S/C28H29N5O4S/c29-26-23(18-20-10-12-22(13-11-20)37-17-7-16-36-21-8-3-1-4-9-21)27(35)30-28-33(26)31-24(38-28)19-25(34)32-14-5-2-6-15-32/h1,3-4,8-13,18,29H,2,5-7,14-17,19H2. The van der Waals surface area contributed by atoms with E-state index in [0.717, 1.165) is 50.1 Å². The Hall–Kier alpha value is -3.92. The fourth-order valence-electron chi connectivity index (χ4n) is 4.27. The second kappa shape index (κ2) is 12.1. The van der Waals surface area contributed by atoms with Crippen LogP contribution >= 0.6 is 11.8 Å². The zero-order valence-corrected chi connectivity index (χ0v) is 21.8. The third-order valence-electron chi connectivity index (χ3n) is 6.27. The molecule has 9 nitrogen and oxygen atoms in total. The van der Waals surface area contributed by atoms with E-state index in [1.165, 1.54) is 16.8 Å². The van der Waals surface area contributed by atoms with Gasteiger partial charge < -0.3 is 14.4 Å². The molecule has 2 aromatic carbocycles. The van der Waals surface area contributed by atoms with Gasteiger partial charge in [-0.2, -0.15) is 15.1 Å². The third kappa shape index (κ3) is 6.31. The summed E-state index contributed by atoms with van der Waals surface area (Å²) in [7, 11) is 0. The minimum atomic E-state index is -0.494. The van der Waals surface area contributed by atoms with E-state index >= 15 is 0 Å². The summed E-state index contributed by atoms with van der Waals surface area (Å²) in [6, 6.07) is 17.0. The fourth-order valence-corrected chi connectivity index (χ4v) is 5.15. The van der Waals surface area contributed by atoms with Gasteiger partial charge in [0.2, 0.25) is 11.1 Å². The molecule has 3 aliphatic rings. The Morgan fingerprint density at radius 1 is 0.974 bits per heavy atom. The topological polar surface area (TPSA) is 108 Å². The Morgan fingerprint density at radius 3 is 2.37 bits per heavy atom. The van der Waals surface area contributed by atoms with Crippen LogP contribution in [-0.4, -0.2) is 64.1 Å². The van der Waals surface area contributed by atoms with E-state index in [-0.39, 0.29) is 23.7 Å². The van der Waals surface area contributed by atoms with E-state index in [1.54, 1.807) is 6.08 Å². The molecule has 38 heavy (non-hydrogen) atoms. The van der Waals surface area contributed by atoms with Gasteiger partial charge in [0.05, 0.1) is 25.2 Å². The molecular weight excluding hydrogens is 502 g/mol. The zero-order chi connectivity index (χ0) is 26.3. The van der Waals surface area contributed by atoms with E-state index in [1.807, 2.05) is 59.5 Å². The zero-order valence-electron chi connectivity index (χ0n) is 21.0. The van der Waals surface area contributed by atoms with Gasteiger partial charge in [0.15, 0.2) is 5.84 Å². The maximum absolute atomic E-state index is 12.7. The lowest BCUT2D eigenvalue weighted by Crippen LogP contribution is -2.36. The number of nitrogens with zero attached hydrogens (tertiary/aromatic N) is 4. The SMILES string of the molecule is N=C1C(=Cc2ccc(OCCCOc3ccccc3)cc2)C(=O)N=C2SC(CC(=O)N3CCCCC3)=NN12.